The van der Waals surface area contributed by atoms with Crippen LogP contribution in [0.15, 0.2) is 47.2 Å². The second-order valence-electron chi connectivity index (χ2n) is 6.45. The molecule has 1 unspecified atom stereocenters. The zero-order valence-electron chi connectivity index (χ0n) is 14.3. The van der Waals surface area contributed by atoms with E-state index in [-0.39, 0.29) is 6.04 Å². The van der Waals surface area contributed by atoms with Gasteiger partial charge in [0.25, 0.3) is 0 Å². The first kappa shape index (κ1) is 15.9. The molecule has 6 nitrogen and oxygen atoms in total. The minimum Gasteiger partial charge on any atom is -0.337 e. The average molecular weight is 335 g/mol. The third kappa shape index (κ3) is 3.58. The maximum Gasteiger partial charge on any atom is 0.244 e. The molecule has 3 heterocycles. The van der Waals surface area contributed by atoms with Gasteiger partial charge in [-0.3, -0.25) is 14.9 Å². The van der Waals surface area contributed by atoms with Gasteiger partial charge in [-0.15, -0.1) is 0 Å². The summed E-state index contributed by atoms with van der Waals surface area (Å²) in [7, 11) is 0. The zero-order valence-corrected chi connectivity index (χ0v) is 14.3. The molecule has 1 aliphatic rings. The Morgan fingerprint density at radius 1 is 1.12 bits per heavy atom. The van der Waals surface area contributed by atoms with E-state index in [1.54, 1.807) is 0 Å². The van der Waals surface area contributed by atoms with Gasteiger partial charge in [0.1, 0.15) is 0 Å². The smallest absolute Gasteiger partial charge is 0.244 e. The molecule has 4 rings (SSSR count). The Balaban J connectivity index is 1.55. The van der Waals surface area contributed by atoms with Gasteiger partial charge in [0, 0.05) is 24.5 Å². The number of rotatable bonds is 4. The molecule has 2 aromatic heterocycles. The minimum atomic E-state index is 0.141. The van der Waals surface area contributed by atoms with Crippen LogP contribution < -0.4 is 0 Å². The summed E-state index contributed by atoms with van der Waals surface area (Å²) in [5.74, 6) is 1.34. The molecule has 0 amide bonds. The van der Waals surface area contributed by atoms with Crippen LogP contribution in [-0.2, 0) is 6.54 Å². The van der Waals surface area contributed by atoms with Crippen molar-refractivity contribution in [3.05, 3.63) is 60.0 Å². The van der Waals surface area contributed by atoms with E-state index in [0.717, 1.165) is 36.5 Å². The molecule has 0 bridgehead atoms. The number of likely N-dealkylation sites (tertiary alicyclic amines) is 1. The monoisotopic (exact) mass is 335 g/mol. The fourth-order valence-electron chi connectivity index (χ4n) is 3.24. The normalized spacial score (nSPS) is 18.4. The summed E-state index contributed by atoms with van der Waals surface area (Å²) in [6.07, 6.45) is 7.04. The lowest BCUT2D eigenvalue weighted by atomic mass is 10.0. The molecule has 6 heteroatoms. The van der Waals surface area contributed by atoms with Crippen molar-refractivity contribution in [2.24, 2.45) is 0 Å². The standard InChI is InChI=1S/C19H21N5O/c1-14-11-21-16(12-20-14)13-24-10-6-5-9-17(24)19-22-18(23-25-19)15-7-3-2-4-8-15/h2-4,7-8,11-12,17H,5-6,9-10,13H2,1H3. The second kappa shape index (κ2) is 7.11. The third-order valence-electron chi connectivity index (χ3n) is 4.57. The SMILES string of the molecule is Cc1cnc(CN2CCCCC2c2nc(-c3ccccc3)no2)cn1. The quantitative estimate of drug-likeness (QED) is 0.726. The lowest BCUT2D eigenvalue weighted by molar-refractivity contribution is 0.110. The highest BCUT2D eigenvalue weighted by atomic mass is 16.5. The maximum atomic E-state index is 5.61. The van der Waals surface area contributed by atoms with E-state index in [2.05, 4.69) is 25.0 Å². The van der Waals surface area contributed by atoms with Gasteiger partial charge >= 0.3 is 0 Å². The van der Waals surface area contributed by atoms with Crippen LogP contribution in [0.5, 0.6) is 0 Å². The average Bonchev–Trinajstić information content (AvgIpc) is 3.15. The number of benzene rings is 1. The maximum absolute atomic E-state index is 5.61. The van der Waals surface area contributed by atoms with Crippen LogP contribution in [-0.4, -0.2) is 31.6 Å². The predicted octanol–water partition coefficient (Wildman–Crippen LogP) is 3.56. The highest BCUT2D eigenvalue weighted by Crippen LogP contribution is 2.32. The molecule has 1 fully saturated rings. The Labute approximate surface area is 146 Å². The Bertz CT molecular complexity index is 815. The van der Waals surface area contributed by atoms with E-state index in [9.17, 15) is 0 Å². The van der Waals surface area contributed by atoms with Gasteiger partial charge in [-0.25, -0.2) is 0 Å². The van der Waals surface area contributed by atoms with E-state index in [1.807, 2.05) is 49.6 Å². The molecule has 1 saturated heterocycles. The van der Waals surface area contributed by atoms with Crippen molar-refractivity contribution in [3.8, 4) is 11.4 Å². The van der Waals surface area contributed by atoms with Crippen LogP contribution in [0.1, 0.15) is 42.6 Å². The van der Waals surface area contributed by atoms with Gasteiger partial charge in [-0.1, -0.05) is 41.9 Å². The molecule has 0 saturated carbocycles. The highest BCUT2D eigenvalue weighted by molar-refractivity contribution is 5.53. The Morgan fingerprint density at radius 3 is 2.80 bits per heavy atom. The number of nitrogens with zero attached hydrogens (tertiary/aromatic N) is 5. The van der Waals surface area contributed by atoms with E-state index in [1.165, 1.54) is 12.8 Å². The summed E-state index contributed by atoms with van der Waals surface area (Å²) < 4.78 is 5.61. The molecule has 1 atom stereocenters. The van der Waals surface area contributed by atoms with Crippen molar-refractivity contribution in [2.45, 2.75) is 38.8 Å². The number of piperidine rings is 1. The van der Waals surface area contributed by atoms with E-state index < -0.39 is 0 Å². The van der Waals surface area contributed by atoms with Crippen molar-refractivity contribution in [1.29, 1.82) is 0 Å². The molecular formula is C19H21N5O. The van der Waals surface area contributed by atoms with Crippen molar-refractivity contribution in [1.82, 2.24) is 25.0 Å². The largest absolute Gasteiger partial charge is 0.337 e. The van der Waals surface area contributed by atoms with Gasteiger partial charge in [0.2, 0.25) is 11.7 Å². The summed E-state index contributed by atoms with van der Waals surface area (Å²) in [4.78, 5) is 15.8. The third-order valence-corrected chi connectivity index (χ3v) is 4.57. The zero-order chi connectivity index (χ0) is 17.1. The molecule has 1 aromatic carbocycles. The van der Waals surface area contributed by atoms with Crippen LogP contribution in [0.2, 0.25) is 0 Å². The molecule has 3 aromatic rings. The fraction of sp³-hybridized carbons (Fsp3) is 0.368. The van der Waals surface area contributed by atoms with E-state index in [4.69, 9.17) is 4.52 Å². The van der Waals surface area contributed by atoms with E-state index in [0.29, 0.717) is 11.7 Å². The topological polar surface area (TPSA) is 67.9 Å². The Hall–Kier alpha value is -2.60. The van der Waals surface area contributed by atoms with E-state index >= 15 is 0 Å². The number of aromatic nitrogens is 4. The fourth-order valence-corrected chi connectivity index (χ4v) is 3.24. The van der Waals surface area contributed by atoms with Crippen LogP contribution in [0, 0.1) is 6.92 Å². The van der Waals surface area contributed by atoms with Gasteiger partial charge in [0.05, 0.1) is 17.4 Å². The molecule has 0 radical (unpaired) electrons. The second-order valence-corrected chi connectivity index (χ2v) is 6.45. The molecule has 25 heavy (non-hydrogen) atoms. The van der Waals surface area contributed by atoms with Crippen LogP contribution in [0.25, 0.3) is 11.4 Å². The Morgan fingerprint density at radius 2 is 2.00 bits per heavy atom. The van der Waals surface area contributed by atoms with Crippen LogP contribution >= 0.6 is 0 Å². The predicted molar refractivity (Wildman–Crippen MR) is 93.5 cm³/mol. The van der Waals surface area contributed by atoms with Gasteiger partial charge in [-0.2, -0.15) is 4.98 Å². The summed E-state index contributed by atoms with van der Waals surface area (Å²) in [5, 5.41) is 4.17. The molecule has 0 N–H and O–H groups in total. The van der Waals surface area contributed by atoms with Gasteiger partial charge < -0.3 is 4.52 Å². The first-order valence-corrected chi connectivity index (χ1v) is 8.70. The first-order valence-electron chi connectivity index (χ1n) is 8.70. The number of aryl methyl sites for hydroxylation is 1. The van der Waals surface area contributed by atoms with Crippen LogP contribution in [0.3, 0.4) is 0 Å². The summed E-state index contributed by atoms with van der Waals surface area (Å²) in [5.41, 5.74) is 2.88. The van der Waals surface area contributed by atoms with Gasteiger partial charge in [0.15, 0.2) is 0 Å². The molecule has 128 valence electrons. The summed E-state index contributed by atoms with van der Waals surface area (Å²) >= 11 is 0. The van der Waals surface area contributed by atoms with Gasteiger partial charge in [-0.05, 0) is 26.3 Å². The number of hydrogen-bond donors (Lipinski definition) is 0. The first-order chi connectivity index (χ1) is 12.3. The summed E-state index contributed by atoms with van der Waals surface area (Å²) in [6, 6.07) is 10.1. The highest BCUT2D eigenvalue weighted by Gasteiger charge is 2.29. The molecule has 0 spiro atoms. The Kier molecular flexibility index (Phi) is 4.52. The van der Waals surface area contributed by atoms with Crippen molar-refractivity contribution in [2.75, 3.05) is 6.54 Å². The minimum absolute atomic E-state index is 0.141. The molecular weight excluding hydrogens is 314 g/mol. The lowest BCUT2D eigenvalue weighted by Crippen LogP contribution is -2.33. The lowest BCUT2D eigenvalue weighted by Gasteiger charge is -2.32. The van der Waals surface area contributed by atoms with Crippen molar-refractivity contribution < 1.29 is 4.52 Å². The van der Waals surface area contributed by atoms with Crippen molar-refractivity contribution >= 4 is 0 Å². The number of hydrogen-bond acceptors (Lipinski definition) is 6. The summed E-state index contributed by atoms with van der Waals surface area (Å²) in [6.45, 7) is 3.70. The molecule has 1 aliphatic heterocycles. The van der Waals surface area contributed by atoms with Crippen LogP contribution in [0.4, 0.5) is 0 Å². The van der Waals surface area contributed by atoms with Crippen molar-refractivity contribution in [3.63, 3.8) is 0 Å². The molecule has 0 aliphatic carbocycles.